The predicted octanol–water partition coefficient (Wildman–Crippen LogP) is 3.44. The van der Waals surface area contributed by atoms with Gasteiger partial charge in [-0.2, -0.15) is 5.10 Å². The monoisotopic (exact) mass is 249 g/mol. The molecule has 18 heavy (non-hydrogen) atoms. The van der Waals surface area contributed by atoms with Gasteiger partial charge in [0.15, 0.2) is 0 Å². The average Bonchev–Trinajstić information content (AvgIpc) is 2.83. The van der Waals surface area contributed by atoms with E-state index < -0.39 is 0 Å². The third-order valence-corrected chi connectivity index (χ3v) is 4.22. The zero-order valence-electron chi connectivity index (χ0n) is 11.9. The molecule has 0 bridgehead atoms. The van der Waals surface area contributed by atoms with Crippen LogP contribution in [0.5, 0.6) is 0 Å². The maximum absolute atomic E-state index is 6.41. The Morgan fingerprint density at radius 2 is 2.06 bits per heavy atom. The lowest BCUT2D eigenvalue weighted by molar-refractivity contribution is 0.314. The molecule has 1 saturated carbocycles. The van der Waals surface area contributed by atoms with Crippen LogP contribution in [0, 0.1) is 5.92 Å². The first kappa shape index (κ1) is 13.6. The number of nitrogens with two attached hydrogens (primary N) is 1. The van der Waals surface area contributed by atoms with Crippen LogP contribution in [0.4, 0.5) is 0 Å². The quantitative estimate of drug-likeness (QED) is 0.868. The molecule has 102 valence electrons. The minimum absolute atomic E-state index is 0.167. The highest BCUT2D eigenvalue weighted by molar-refractivity contribution is 5.14. The second kappa shape index (κ2) is 6.37. The van der Waals surface area contributed by atoms with Crippen LogP contribution in [0.15, 0.2) is 6.07 Å². The molecule has 1 aromatic rings. The summed E-state index contributed by atoms with van der Waals surface area (Å²) in [5.41, 5.74) is 8.82. The summed E-state index contributed by atoms with van der Waals surface area (Å²) in [6, 6.07) is 2.37. The molecule has 1 fully saturated rings. The van der Waals surface area contributed by atoms with Gasteiger partial charge < -0.3 is 5.73 Å². The van der Waals surface area contributed by atoms with E-state index in [1.54, 1.807) is 0 Å². The number of hydrogen-bond donors (Lipinski definition) is 1. The number of rotatable bonds is 5. The topological polar surface area (TPSA) is 43.8 Å². The minimum Gasteiger partial charge on any atom is -0.323 e. The first-order valence-corrected chi connectivity index (χ1v) is 7.56. The molecule has 0 aromatic carbocycles. The van der Waals surface area contributed by atoms with Gasteiger partial charge in [-0.15, -0.1) is 0 Å². The number of hydrogen-bond acceptors (Lipinski definition) is 2. The molecule has 0 amide bonds. The third-order valence-electron chi connectivity index (χ3n) is 4.22. The van der Waals surface area contributed by atoms with Crippen molar-refractivity contribution in [3.63, 3.8) is 0 Å². The molecule has 0 radical (unpaired) electrons. The summed E-state index contributed by atoms with van der Waals surface area (Å²) in [6.45, 7) is 5.22. The Bertz CT molecular complexity index is 364. The maximum atomic E-state index is 6.41. The molecular formula is C15H27N3. The fraction of sp³-hybridized carbons (Fsp3) is 0.800. The van der Waals surface area contributed by atoms with Crippen molar-refractivity contribution in [3.8, 4) is 0 Å². The highest BCUT2D eigenvalue weighted by atomic mass is 15.3. The lowest BCUT2D eigenvalue weighted by atomic mass is 9.84. The van der Waals surface area contributed by atoms with Crippen molar-refractivity contribution in [2.24, 2.45) is 11.7 Å². The summed E-state index contributed by atoms with van der Waals surface area (Å²) in [7, 11) is 0. The molecule has 2 N–H and O–H groups in total. The van der Waals surface area contributed by atoms with Crippen molar-refractivity contribution in [1.29, 1.82) is 0 Å². The minimum atomic E-state index is 0.167. The lowest BCUT2D eigenvalue weighted by Crippen LogP contribution is -2.20. The van der Waals surface area contributed by atoms with E-state index in [4.69, 9.17) is 5.73 Å². The maximum Gasteiger partial charge on any atom is 0.0625 e. The van der Waals surface area contributed by atoms with Crippen LogP contribution < -0.4 is 5.73 Å². The second-order valence-electron chi connectivity index (χ2n) is 5.58. The number of aromatic nitrogens is 2. The van der Waals surface area contributed by atoms with Gasteiger partial charge in [-0.05, 0) is 31.7 Å². The first-order chi connectivity index (χ1) is 8.74. The SMILES string of the molecule is CCc1cc(C(N)CC2CCCCC2)n(CC)n1. The van der Waals surface area contributed by atoms with Crippen LogP contribution in [0.3, 0.4) is 0 Å². The van der Waals surface area contributed by atoms with Gasteiger partial charge in [0, 0.05) is 12.6 Å². The van der Waals surface area contributed by atoms with E-state index in [1.165, 1.54) is 43.5 Å². The van der Waals surface area contributed by atoms with E-state index in [1.807, 2.05) is 0 Å². The average molecular weight is 249 g/mol. The van der Waals surface area contributed by atoms with Gasteiger partial charge in [0.05, 0.1) is 11.4 Å². The van der Waals surface area contributed by atoms with Crippen LogP contribution in [0.25, 0.3) is 0 Å². The van der Waals surface area contributed by atoms with E-state index in [2.05, 4.69) is 29.7 Å². The zero-order chi connectivity index (χ0) is 13.0. The molecule has 2 rings (SSSR count). The Morgan fingerprint density at radius 3 is 2.67 bits per heavy atom. The summed E-state index contributed by atoms with van der Waals surface area (Å²) in [5.74, 6) is 0.832. The summed E-state index contributed by atoms with van der Waals surface area (Å²) >= 11 is 0. The summed E-state index contributed by atoms with van der Waals surface area (Å²) in [5, 5.41) is 4.60. The molecule has 0 spiro atoms. The molecule has 1 aliphatic rings. The van der Waals surface area contributed by atoms with Crippen molar-refractivity contribution in [2.75, 3.05) is 0 Å². The molecular weight excluding hydrogens is 222 g/mol. The van der Waals surface area contributed by atoms with Crippen LogP contribution in [-0.2, 0) is 13.0 Å². The summed E-state index contributed by atoms with van der Waals surface area (Å²) < 4.78 is 2.09. The van der Waals surface area contributed by atoms with Crippen LogP contribution in [0.1, 0.15) is 69.8 Å². The van der Waals surface area contributed by atoms with Gasteiger partial charge in [0.1, 0.15) is 0 Å². The van der Waals surface area contributed by atoms with E-state index in [-0.39, 0.29) is 6.04 Å². The van der Waals surface area contributed by atoms with Gasteiger partial charge >= 0.3 is 0 Å². The van der Waals surface area contributed by atoms with Gasteiger partial charge in [0.25, 0.3) is 0 Å². The second-order valence-corrected chi connectivity index (χ2v) is 5.58. The molecule has 1 aromatic heterocycles. The van der Waals surface area contributed by atoms with Gasteiger partial charge in [0.2, 0.25) is 0 Å². The fourth-order valence-corrected chi connectivity index (χ4v) is 3.11. The Morgan fingerprint density at radius 1 is 1.33 bits per heavy atom. The van der Waals surface area contributed by atoms with Crippen molar-refractivity contribution in [3.05, 3.63) is 17.5 Å². The molecule has 1 unspecified atom stereocenters. The van der Waals surface area contributed by atoms with Crippen molar-refractivity contribution in [1.82, 2.24) is 9.78 Å². The number of aryl methyl sites for hydroxylation is 2. The predicted molar refractivity (Wildman–Crippen MR) is 75.4 cm³/mol. The van der Waals surface area contributed by atoms with Crippen LogP contribution in [-0.4, -0.2) is 9.78 Å². The smallest absolute Gasteiger partial charge is 0.0625 e. The highest BCUT2D eigenvalue weighted by Gasteiger charge is 2.20. The van der Waals surface area contributed by atoms with Gasteiger partial charge in [-0.25, -0.2) is 0 Å². The van der Waals surface area contributed by atoms with E-state index >= 15 is 0 Å². The van der Waals surface area contributed by atoms with Crippen LogP contribution >= 0.6 is 0 Å². The summed E-state index contributed by atoms with van der Waals surface area (Å²) in [4.78, 5) is 0. The normalized spacial score (nSPS) is 19.1. The molecule has 0 aliphatic heterocycles. The van der Waals surface area contributed by atoms with Crippen LogP contribution in [0.2, 0.25) is 0 Å². The molecule has 1 atom stereocenters. The number of nitrogens with zero attached hydrogens (tertiary/aromatic N) is 2. The lowest BCUT2D eigenvalue weighted by Gasteiger charge is -2.24. The molecule has 1 heterocycles. The van der Waals surface area contributed by atoms with Gasteiger partial charge in [-0.3, -0.25) is 4.68 Å². The first-order valence-electron chi connectivity index (χ1n) is 7.56. The molecule has 0 saturated heterocycles. The largest absolute Gasteiger partial charge is 0.323 e. The van der Waals surface area contributed by atoms with E-state index in [0.717, 1.165) is 25.3 Å². The zero-order valence-corrected chi connectivity index (χ0v) is 11.9. The fourth-order valence-electron chi connectivity index (χ4n) is 3.11. The molecule has 1 aliphatic carbocycles. The van der Waals surface area contributed by atoms with Gasteiger partial charge in [-0.1, -0.05) is 39.0 Å². The van der Waals surface area contributed by atoms with E-state index in [0.29, 0.717) is 0 Å². The third kappa shape index (κ3) is 3.14. The Hall–Kier alpha value is -0.830. The Labute approximate surface area is 111 Å². The summed E-state index contributed by atoms with van der Waals surface area (Å²) in [6.07, 6.45) is 9.07. The van der Waals surface area contributed by atoms with Crippen molar-refractivity contribution in [2.45, 2.75) is 71.4 Å². The van der Waals surface area contributed by atoms with E-state index in [9.17, 15) is 0 Å². The Balaban J connectivity index is 2.02. The van der Waals surface area contributed by atoms with Crippen molar-refractivity contribution < 1.29 is 0 Å². The standard InChI is InChI=1S/C15H27N3/c1-3-13-11-15(18(4-2)17-13)14(16)10-12-8-6-5-7-9-12/h11-12,14H,3-10,16H2,1-2H3. The molecule has 3 nitrogen and oxygen atoms in total. The Kier molecular flexibility index (Phi) is 4.81. The highest BCUT2D eigenvalue weighted by Crippen LogP contribution is 2.31. The molecule has 3 heteroatoms. The van der Waals surface area contributed by atoms with Crippen molar-refractivity contribution >= 4 is 0 Å².